The van der Waals surface area contributed by atoms with Crippen molar-refractivity contribution in [3.05, 3.63) is 40.1 Å². The van der Waals surface area contributed by atoms with Crippen LogP contribution in [0, 0.1) is 11.8 Å². The zero-order valence-electron chi connectivity index (χ0n) is 11.1. The zero-order valence-corrected chi connectivity index (χ0v) is 11.9. The van der Waals surface area contributed by atoms with Crippen LogP contribution in [-0.2, 0) is 13.6 Å². The highest BCUT2D eigenvalue weighted by molar-refractivity contribution is 7.10. The van der Waals surface area contributed by atoms with Crippen LogP contribution in [0.3, 0.4) is 0 Å². The second-order valence-electron chi connectivity index (χ2n) is 4.18. The van der Waals surface area contributed by atoms with Gasteiger partial charge in [0.1, 0.15) is 5.69 Å². The molecule has 0 aliphatic heterocycles. The van der Waals surface area contributed by atoms with Gasteiger partial charge in [0.2, 0.25) is 0 Å². The van der Waals surface area contributed by atoms with Crippen LogP contribution in [-0.4, -0.2) is 27.2 Å². The van der Waals surface area contributed by atoms with Crippen molar-refractivity contribution in [2.45, 2.75) is 13.0 Å². The van der Waals surface area contributed by atoms with Gasteiger partial charge in [-0.2, -0.15) is 0 Å². The molecule has 0 aliphatic rings. The maximum Gasteiger partial charge on any atom is 0.271 e. The van der Waals surface area contributed by atoms with Crippen LogP contribution in [0.4, 0.5) is 0 Å². The van der Waals surface area contributed by atoms with Gasteiger partial charge in [0, 0.05) is 35.5 Å². The van der Waals surface area contributed by atoms with Crippen LogP contribution in [0.25, 0.3) is 0 Å². The SMILES string of the molecule is Cn1cnc(C(=O)NCc2cc(C#CCCO)cs2)c1. The summed E-state index contributed by atoms with van der Waals surface area (Å²) < 4.78 is 1.73. The third kappa shape index (κ3) is 3.95. The van der Waals surface area contributed by atoms with Crippen LogP contribution < -0.4 is 5.32 Å². The first-order valence-electron chi connectivity index (χ1n) is 6.12. The van der Waals surface area contributed by atoms with Gasteiger partial charge in [0.05, 0.1) is 19.5 Å². The molecule has 1 amide bonds. The lowest BCUT2D eigenvalue weighted by Crippen LogP contribution is -2.22. The number of aliphatic hydroxyl groups is 1. The van der Waals surface area contributed by atoms with Gasteiger partial charge in [-0.1, -0.05) is 11.8 Å². The fourth-order valence-electron chi connectivity index (χ4n) is 1.55. The van der Waals surface area contributed by atoms with Crippen molar-refractivity contribution in [1.29, 1.82) is 0 Å². The van der Waals surface area contributed by atoms with Crippen molar-refractivity contribution in [2.75, 3.05) is 6.61 Å². The summed E-state index contributed by atoms with van der Waals surface area (Å²) in [7, 11) is 1.82. The van der Waals surface area contributed by atoms with Gasteiger partial charge in [0.25, 0.3) is 5.91 Å². The highest BCUT2D eigenvalue weighted by Gasteiger charge is 2.08. The average Bonchev–Trinajstić information content (AvgIpc) is 3.05. The Morgan fingerprint density at radius 3 is 3.15 bits per heavy atom. The van der Waals surface area contributed by atoms with E-state index in [1.165, 1.54) is 0 Å². The Hall–Kier alpha value is -2.10. The van der Waals surface area contributed by atoms with Crippen molar-refractivity contribution in [3.8, 4) is 11.8 Å². The largest absolute Gasteiger partial charge is 0.395 e. The maximum atomic E-state index is 11.8. The highest BCUT2D eigenvalue weighted by atomic mass is 32.1. The molecular formula is C14H15N3O2S. The molecule has 5 nitrogen and oxygen atoms in total. The number of aromatic nitrogens is 2. The summed E-state index contributed by atoms with van der Waals surface area (Å²) in [5, 5.41) is 13.4. The van der Waals surface area contributed by atoms with E-state index in [-0.39, 0.29) is 12.5 Å². The van der Waals surface area contributed by atoms with E-state index in [1.54, 1.807) is 28.4 Å². The number of hydrogen-bond acceptors (Lipinski definition) is 4. The number of rotatable bonds is 4. The van der Waals surface area contributed by atoms with Crippen molar-refractivity contribution < 1.29 is 9.90 Å². The number of nitrogens with zero attached hydrogens (tertiary/aromatic N) is 2. The van der Waals surface area contributed by atoms with E-state index in [0.717, 1.165) is 10.4 Å². The Morgan fingerprint density at radius 1 is 1.60 bits per heavy atom. The van der Waals surface area contributed by atoms with Crippen LogP contribution in [0.1, 0.15) is 27.3 Å². The van der Waals surface area contributed by atoms with Crippen molar-refractivity contribution >= 4 is 17.2 Å². The minimum Gasteiger partial charge on any atom is -0.395 e. The summed E-state index contributed by atoms with van der Waals surface area (Å²) in [4.78, 5) is 16.8. The van der Waals surface area contributed by atoms with E-state index in [0.29, 0.717) is 18.7 Å². The Kier molecular flexibility index (Phi) is 4.93. The molecule has 0 aliphatic carbocycles. The number of nitrogens with one attached hydrogen (secondary N) is 1. The molecule has 2 heterocycles. The van der Waals surface area contributed by atoms with E-state index < -0.39 is 0 Å². The number of aryl methyl sites for hydroxylation is 1. The smallest absolute Gasteiger partial charge is 0.271 e. The lowest BCUT2D eigenvalue weighted by molar-refractivity contribution is 0.0946. The van der Waals surface area contributed by atoms with Gasteiger partial charge in [-0.15, -0.1) is 11.3 Å². The molecule has 0 atom stereocenters. The fraction of sp³-hybridized carbons (Fsp3) is 0.286. The van der Waals surface area contributed by atoms with E-state index >= 15 is 0 Å². The first-order valence-corrected chi connectivity index (χ1v) is 7.00. The summed E-state index contributed by atoms with van der Waals surface area (Å²) in [6, 6.07) is 1.94. The Bertz CT molecular complexity index is 649. The molecular weight excluding hydrogens is 274 g/mol. The third-order valence-corrected chi connectivity index (χ3v) is 3.42. The molecule has 104 valence electrons. The molecule has 6 heteroatoms. The van der Waals surface area contributed by atoms with Crippen molar-refractivity contribution in [2.24, 2.45) is 7.05 Å². The monoisotopic (exact) mass is 289 g/mol. The molecule has 0 aromatic carbocycles. The maximum absolute atomic E-state index is 11.8. The molecule has 0 spiro atoms. The molecule has 0 saturated heterocycles. The topological polar surface area (TPSA) is 67.2 Å². The van der Waals surface area contributed by atoms with Crippen LogP contribution in [0.2, 0.25) is 0 Å². The van der Waals surface area contributed by atoms with Gasteiger partial charge in [-0.3, -0.25) is 4.79 Å². The van der Waals surface area contributed by atoms with Crippen LogP contribution in [0.5, 0.6) is 0 Å². The lowest BCUT2D eigenvalue weighted by atomic mass is 10.3. The molecule has 0 fully saturated rings. The molecule has 0 saturated carbocycles. The highest BCUT2D eigenvalue weighted by Crippen LogP contribution is 2.13. The number of carbonyl (C=O) groups excluding carboxylic acids is 1. The summed E-state index contributed by atoms with van der Waals surface area (Å²) in [6.45, 7) is 0.534. The standard InChI is InChI=1S/C14H15N3O2S/c1-17-8-13(16-10-17)14(19)15-7-12-6-11(9-20-12)4-2-3-5-18/h6,8-10,18H,3,5,7H2,1H3,(H,15,19). The summed E-state index contributed by atoms with van der Waals surface area (Å²) >= 11 is 1.54. The summed E-state index contributed by atoms with van der Waals surface area (Å²) in [5.41, 5.74) is 1.32. The fourth-order valence-corrected chi connectivity index (χ4v) is 2.30. The van der Waals surface area contributed by atoms with E-state index in [4.69, 9.17) is 5.11 Å². The number of carbonyl (C=O) groups is 1. The number of amides is 1. The zero-order chi connectivity index (χ0) is 14.4. The minimum absolute atomic E-state index is 0.0735. The van der Waals surface area contributed by atoms with Crippen molar-refractivity contribution in [3.63, 3.8) is 0 Å². The molecule has 2 aromatic heterocycles. The second kappa shape index (κ2) is 6.89. The molecule has 20 heavy (non-hydrogen) atoms. The Balaban J connectivity index is 1.88. The molecule has 0 unspecified atom stereocenters. The van der Waals surface area contributed by atoms with E-state index in [9.17, 15) is 4.79 Å². The van der Waals surface area contributed by atoms with Gasteiger partial charge in [0.15, 0.2) is 0 Å². The Morgan fingerprint density at radius 2 is 2.45 bits per heavy atom. The third-order valence-electron chi connectivity index (χ3n) is 2.48. The Labute approximate surface area is 121 Å². The summed E-state index contributed by atoms with van der Waals surface area (Å²) in [5.74, 6) is 5.64. The molecule has 0 radical (unpaired) electrons. The van der Waals surface area contributed by atoms with Gasteiger partial charge in [-0.25, -0.2) is 4.98 Å². The predicted molar refractivity (Wildman–Crippen MR) is 77.3 cm³/mol. The molecule has 2 N–H and O–H groups in total. The second-order valence-corrected chi connectivity index (χ2v) is 5.18. The van der Waals surface area contributed by atoms with Gasteiger partial charge < -0.3 is 15.0 Å². The number of aliphatic hydroxyl groups excluding tert-OH is 1. The quantitative estimate of drug-likeness (QED) is 0.830. The number of hydrogen-bond donors (Lipinski definition) is 2. The molecule has 0 bridgehead atoms. The van der Waals surface area contributed by atoms with Crippen LogP contribution in [0.15, 0.2) is 24.0 Å². The normalized spacial score (nSPS) is 9.90. The molecule has 2 rings (SSSR count). The molecule has 2 aromatic rings. The van der Waals surface area contributed by atoms with Gasteiger partial charge in [-0.05, 0) is 6.07 Å². The first-order chi connectivity index (χ1) is 9.69. The first kappa shape index (κ1) is 14.3. The predicted octanol–water partition coefficient (Wildman–Crippen LogP) is 1.15. The average molecular weight is 289 g/mol. The number of thiophene rings is 1. The van der Waals surface area contributed by atoms with Gasteiger partial charge >= 0.3 is 0 Å². The lowest BCUT2D eigenvalue weighted by Gasteiger charge is -1.99. The van der Waals surface area contributed by atoms with E-state index in [1.807, 2.05) is 18.5 Å². The number of imidazole rings is 1. The minimum atomic E-state index is -0.188. The van der Waals surface area contributed by atoms with Crippen molar-refractivity contribution in [1.82, 2.24) is 14.9 Å². The van der Waals surface area contributed by atoms with E-state index in [2.05, 4.69) is 22.1 Å². The van der Waals surface area contributed by atoms with Crippen LogP contribution >= 0.6 is 11.3 Å². The summed E-state index contributed by atoms with van der Waals surface area (Å²) in [6.07, 6.45) is 3.74.